The van der Waals surface area contributed by atoms with Gasteiger partial charge in [-0.3, -0.25) is 4.99 Å². The molecule has 0 atom stereocenters. The number of aliphatic imine (C=N–C) groups is 1. The summed E-state index contributed by atoms with van der Waals surface area (Å²) in [5, 5.41) is 3.76. The molecule has 1 N–H and O–H groups in total. The third-order valence-electron chi connectivity index (χ3n) is 3.04. The van der Waals surface area contributed by atoms with Crippen molar-refractivity contribution in [2.75, 3.05) is 32.1 Å². The first-order valence-electron chi connectivity index (χ1n) is 6.74. The van der Waals surface area contributed by atoms with Gasteiger partial charge >= 0.3 is 0 Å². The molecule has 1 rings (SSSR count). The van der Waals surface area contributed by atoms with Crippen LogP contribution in [0.1, 0.15) is 12.5 Å². The summed E-state index contributed by atoms with van der Waals surface area (Å²) < 4.78 is 22.9. The Morgan fingerprint density at radius 3 is 2.41 bits per heavy atom. The van der Waals surface area contributed by atoms with Crippen molar-refractivity contribution in [1.29, 1.82) is 0 Å². The zero-order valence-electron chi connectivity index (χ0n) is 13.0. The van der Waals surface area contributed by atoms with Crippen molar-refractivity contribution in [2.45, 2.75) is 13.5 Å². The summed E-state index contributed by atoms with van der Waals surface area (Å²) in [4.78, 5) is 6.09. The smallest absolute Gasteiger partial charge is 0.193 e. The van der Waals surface area contributed by atoms with E-state index in [0.29, 0.717) is 24.1 Å². The third kappa shape index (κ3) is 7.64. The molecule has 22 heavy (non-hydrogen) atoms. The van der Waals surface area contributed by atoms with Crippen molar-refractivity contribution in [1.82, 2.24) is 10.2 Å². The second kappa shape index (κ2) is 10.3. The number of halogens is 2. The molecule has 0 saturated carbocycles. The molecular formula is C14H23ClIN3O2S. The van der Waals surface area contributed by atoms with Gasteiger partial charge in [0.2, 0.25) is 0 Å². The highest BCUT2D eigenvalue weighted by molar-refractivity contribution is 14.0. The Hall–Kier alpha value is -0.540. The molecule has 0 heterocycles. The molecule has 1 aromatic carbocycles. The van der Waals surface area contributed by atoms with Crippen molar-refractivity contribution in [3.63, 3.8) is 0 Å². The van der Waals surface area contributed by atoms with Gasteiger partial charge in [-0.1, -0.05) is 30.7 Å². The van der Waals surface area contributed by atoms with Crippen LogP contribution in [-0.2, 0) is 16.4 Å². The number of benzene rings is 1. The summed E-state index contributed by atoms with van der Waals surface area (Å²) in [5.74, 6) is 0.932. The summed E-state index contributed by atoms with van der Waals surface area (Å²) in [6.45, 7) is 2.67. The number of rotatable bonds is 6. The highest BCUT2D eigenvalue weighted by Crippen LogP contribution is 2.10. The fraction of sp³-hybridized carbons (Fsp3) is 0.500. The van der Waals surface area contributed by atoms with Crippen molar-refractivity contribution >= 4 is 51.4 Å². The van der Waals surface area contributed by atoms with Crippen LogP contribution in [0.15, 0.2) is 29.3 Å². The van der Waals surface area contributed by atoms with Crippen LogP contribution in [-0.4, -0.2) is 51.4 Å². The second-order valence-electron chi connectivity index (χ2n) is 4.69. The lowest BCUT2D eigenvalue weighted by Crippen LogP contribution is -2.40. The first-order valence-corrected chi connectivity index (χ1v) is 8.94. The zero-order chi connectivity index (χ0) is 15.9. The Labute approximate surface area is 155 Å². The Balaban J connectivity index is 0.00000441. The van der Waals surface area contributed by atoms with Crippen molar-refractivity contribution in [3.8, 4) is 0 Å². The third-order valence-corrected chi connectivity index (χ3v) is 5.00. The van der Waals surface area contributed by atoms with Crippen LogP contribution in [0, 0.1) is 0 Å². The average molecular weight is 460 g/mol. The molecule has 0 radical (unpaired) electrons. The van der Waals surface area contributed by atoms with Gasteiger partial charge in [-0.25, -0.2) is 8.42 Å². The Kier molecular flexibility index (Phi) is 10.0. The van der Waals surface area contributed by atoms with Gasteiger partial charge in [0.1, 0.15) is 0 Å². The summed E-state index contributed by atoms with van der Waals surface area (Å²) in [6, 6.07) is 7.59. The number of hydrogen-bond donors (Lipinski definition) is 1. The molecular weight excluding hydrogens is 437 g/mol. The Morgan fingerprint density at radius 2 is 1.91 bits per heavy atom. The van der Waals surface area contributed by atoms with Crippen LogP contribution in [0.25, 0.3) is 0 Å². The van der Waals surface area contributed by atoms with Gasteiger partial charge in [-0.2, -0.15) is 0 Å². The van der Waals surface area contributed by atoms with E-state index in [1.54, 1.807) is 14.0 Å². The zero-order valence-corrected chi connectivity index (χ0v) is 16.9. The van der Waals surface area contributed by atoms with Gasteiger partial charge in [0, 0.05) is 38.0 Å². The molecule has 5 nitrogen and oxygen atoms in total. The maximum atomic E-state index is 11.5. The van der Waals surface area contributed by atoms with E-state index in [-0.39, 0.29) is 35.5 Å². The SMILES string of the molecule is CCS(=O)(=O)CCNC(=NC)N(C)Cc1ccc(Cl)cc1.I. The number of sulfone groups is 1. The Morgan fingerprint density at radius 1 is 1.32 bits per heavy atom. The van der Waals surface area contributed by atoms with Crippen LogP contribution in [0.4, 0.5) is 0 Å². The van der Waals surface area contributed by atoms with E-state index >= 15 is 0 Å². The van der Waals surface area contributed by atoms with E-state index in [2.05, 4.69) is 10.3 Å². The molecule has 0 fully saturated rings. The van der Waals surface area contributed by atoms with Crippen LogP contribution in [0.3, 0.4) is 0 Å². The first kappa shape index (κ1) is 21.5. The number of guanidine groups is 1. The monoisotopic (exact) mass is 459 g/mol. The van der Waals surface area contributed by atoms with E-state index in [1.165, 1.54) is 0 Å². The summed E-state index contributed by atoms with van der Waals surface area (Å²) in [6.07, 6.45) is 0. The highest BCUT2D eigenvalue weighted by Gasteiger charge is 2.10. The summed E-state index contributed by atoms with van der Waals surface area (Å²) in [7, 11) is 0.613. The van der Waals surface area contributed by atoms with E-state index in [1.807, 2.05) is 36.2 Å². The predicted molar refractivity (Wildman–Crippen MR) is 104 cm³/mol. The van der Waals surface area contributed by atoms with Crippen LogP contribution in [0.5, 0.6) is 0 Å². The topological polar surface area (TPSA) is 61.8 Å². The molecule has 0 saturated heterocycles. The maximum absolute atomic E-state index is 11.5. The van der Waals surface area contributed by atoms with Gasteiger partial charge in [0.15, 0.2) is 15.8 Å². The normalized spacial score (nSPS) is 11.7. The van der Waals surface area contributed by atoms with Crippen molar-refractivity contribution in [2.24, 2.45) is 4.99 Å². The number of hydrogen-bond acceptors (Lipinski definition) is 3. The predicted octanol–water partition coefficient (Wildman–Crippen LogP) is 2.40. The van der Waals surface area contributed by atoms with Gasteiger partial charge in [0.05, 0.1) is 5.75 Å². The van der Waals surface area contributed by atoms with Crippen LogP contribution >= 0.6 is 35.6 Å². The standard InChI is InChI=1S/C14H22ClN3O2S.HI/c1-4-21(19,20)10-9-17-14(16-2)18(3)11-12-5-7-13(15)8-6-12;/h5-8H,4,9-11H2,1-3H3,(H,16,17);1H. The summed E-state index contributed by atoms with van der Waals surface area (Å²) >= 11 is 5.86. The highest BCUT2D eigenvalue weighted by atomic mass is 127. The minimum Gasteiger partial charge on any atom is -0.355 e. The molecule has 1 aromatic rings. The molecule has 8 heteroatoms. The summed E-state index contributed by atoms with van der Waals surface area (Å²) in [5.41, 5.74) is 1.10. The average Bonchev–Trinajstić information content (AvgIpc) is 2.46. The van der Waals surface area contributed by atoms with Gasteiger partial charge in [-0.05, 0) is 17.7 Å². The fourth-order valence-electron chi connectivity index (χ4n) is 1.79. The molecule has 0 amide bonds. The molecule has 126 valence electrons. The minimum absolute atomic E-state index is 0. The lowest BCUT2D eigenvalue weighted by molar-refractivity contribution is 0.479. The first-order chi connectivity index (χ1) is 9.88. The molecule has 0 spiro atoms. The Bertz CT molecular complexity index is 576. The second-order valence-corrected chi connectivity index (χ2v) is 7.60. The largest absolute Gasteiger partial charge is 0.355 e. The van der Waals surface area contributed by atoms with Gasteiger partial charge in [-0.15, -0.1) is 24.0 Å². The molecule has 0 aliphatic carbocycles. The van der Waals surface area contributed by atoms with E-state index in [9.17, 15) is 8.42 Å². The lowest BCUT2D eigenvalue weighted by atomic mass is 10.2. The number of nitrogens with zero attached hydrogens (tertiary/aromatic N) is 2. The maximum Gasteiger partial charge on any atom is 0.193 e. The molecule has 0 aromatic heterocycles. The van der Waals surface area contributed by atoms with Crippen molar-refractivity contribution < 1.29 is 8.42 Å². The van der Waals surface area contributed by atoms with Gasteiger partial charge < -0.3 is 10.2 Å². The van der Waals surface area contributed by atoms with E-state index in [4.69, 9.17) is 11.6 Å². The molecule has 0 bridgehead atoms. The van der Waals surface area contributed by atoms with Crippen LogP contribution < -0.4 is 5.32 Å². The van der Waals surface area contributed by atoms with E-state index < -0.39 is 9.84 Å². The molecule has 0 aliphatic heterocycles. The number of nitrogens with one attached hydrogen (secondary N) is 1. The fourth-order valence-corrected chi connectivity index (χ4v) is 2.61. The van der Waals surface area contributed by atoms with E-state index in [0.717, 1.165) is 5.56 Å². The molecule has 0 unspecified atom stereocenters. The lowest BCUT2D eigenvalue weighted by Gasteiger charge is -2.22. The minimum atomic E-state index is -2.96. The van der Waals surface area contributed by atoms with Crippen LogP contribution in [0.2, 0.25) is 5.02 Å². The quantitative estimate of drug-likeness (QED) is 0.403. The molecule has 0 aliphatic rings. The van der Waals surface area contributed by atoms with Gasteiger partial charge in [0.25, 0.3) is 0 Å². The van der Waals surface area contributed by atoms with Crippen molar-refractivity contribution in [3.05, 3.63) is 34.9 Å².